The van der Waals surface area contributed by atoms with Gasteiger partial charge in [-0.2, -0.15) is 0 Å². The molecule has 0 unspecified atom stereocenters. The number of methoxy groups -OCH3 is 1. The van der Waals surface area contributed by atoms with Crippen molar-refractivity contribution in [2.75, 3.05) is 12.8 Å². The van der Waals surface area contributed by atoms with E-state index in [9.17, 15) is 0 Å². The maximum Gasteiger partial charge on any atom is 0.114 e. The average molecular weight is 276 g/mol. The molecule has 0 aliphatic heterocycles. The lowest BCUT2D eigenvalue weighted by atomic mass is 9.98. The summed E-state index contributed by atoms with van der Waals surface area (Å²) in [5.41, 5.74) is 9.23. The predicted octanol–water partition coefficient (Wildman–Crippen LogP) is 3.84. The number of anilines is 1. The van der Waals surface area contributed by atoms with Crippen LogP contribution in [0.25, 0.3) is 11.3 Å². The van der Waals surface area contributed by atoms with Crippen molar-refractivity contribution in [3.63, 3.8) is 0 Å². The van der Waals surface area contributed by atoms with Gasteiger partial charge in [-0.1, -0.05) is 45.0 Å². The minimum Gasteiger partial charge on any atom is -0.389 e. The normalized spacial score (nSPS) is 11.8. The fraction of sp³-hybridized carbons (Fsp3) is 0.400. The van der Waals surface area contributed by atoms with Crippen molar-refractivity contribution in [1.82, 2.24) is 4.98 Å². The van der Waals surface area contributed by atoms with Crippen LogP contribution in [0.2, 0.25) is 0 Å². The number of nitrogen functional groups attached to an aromatic ring is 1. The second kappa shape index (κ2) is 5.31. The van der Waals surface area contributed by atoms with Crippen LogP contribution in [0.15, 0.2) is 24.3 Å². The zero-order chi connectivity index (χ0) is 14.0. The smallest absolute Gasteiger partial charge is 0.114 e. The van der Waals surface area contributed by atoms with Crippen LogP contribution in [0.3, 0.4) is 0 Å². The zero-order valence-corrected chi connectivity index (χ0v) is 12.7. The van der Waals surface area contributed by atoms with Crippen LogP contribution in [-0.2, 0) is 16.8 Å². The number of nitrogens with two attached hydrogens (primary N) is 1. The van der Waals surface area contributed by atoms with Gasteiger partial charge in [-0.15, -0.1) is 11.3 Å². The first kappa shape index (κ1) is 14.0. The van der Waals surface area contributed by atoms with E-state index in [1.165, 1.54) is 0 Å². The molecule has 2 rings (SSSR count). The van der Waals surface area contributed by atoms with Gasteiger partial charge in [0, 0.05) is 18.1 Å². The van der Waals surface area contributed by atoms with E-state index in [1.54, 1.807) is 18.4 Å². The van der Waals surface area contributed by atoms with Gasteiger partial charge in [-0.3, -0.25) is 0 Å². The summed E-state index contributed by atoms with van der Waals surface area (Å²) < 4.78 is 5.24. The Morgan fingerprint density at radius 1 is 1.26 bits per heavy atom. The van der Waals surface area contributed by atoms with Crippen molar-refractivity contribution in [3.8, 4) is 11.3 Å². The Morgan fingerprint density at radius 2 is 1.95 bits per heavy atom. The van der Waals surface area contributed by atoms with Crippen molar-refractivity contribution >= 4 is 16.3 Å². The molecule has 0 saturated heterocycles. The predicted molar refractivity (Wildman–Crippen MR) is 81.4 cm³/mol. The summed E-state index contributed by atoms with van der Waals surface area (Å²) in [7, 11) is 1.70. The molecule has 0 atom stereocenters. The van der Waals surface area contributed by atoms with Gasteiger partial charge < -0.3 is 10.5 Å². The van der Waals surface area contributed by atoms with Gasteiger partial charge in [0.15, 0.2) is 0 Å². The zero-order valence-electron chi connectivity index (χ0n) is 11.9. The van der Waals surface area contributed by atoms with E-state index in [1.807, 2.05) is 24.3 Å². The lowest BCUT2D eigenvalue weighted by Crippen LogP contribution is -2.10. The number of benzene rings is 1. The summed E-state index contributed by atoms with van der Waals surface area (Å²) in [6, 6.07) is 8.11. The van der Waals surface area contributed by atoms with E-state index in [0.29, 0.717) is 6.61 Å². The summed E-state index contributed by atoms with van der Waals surface area (Å²) in [6.45, 7) is 7.01. The SMILES string of the molecule is COCc1ccccc1-c1nc(C(C)(C)C)sc1N. The fourth-order valence-corrected chi connectivity index (χ4v) is 2.78. The van der Waals surface area contributed by atoms with Crippen molar-refractivity contribution in [2.45, 2.75) is 32.8 Å². The molecule has 0 bridgehead atoms. The van der Waals surface area contributed by atoms with Crippen molar-refractivity contribution in [3.05, 3.63) is 34.8 Å². The Bertz CT molecular complexity index is 570. The summed E-state index contributed by atoms with van der Waals surface area (Å²) >= 11 is 1.57. The molecule has 0 amide bonds. The number of hydrogen-bond donors (Lipinski definition) is 1. The van der Waals surface area contributed by atoms with Crippen LogP contribution in [-0.4, -0.2) is 12.1 Å². The topological polar surface area (TPSA) is 48.1 Å². The lowest BCUT2D eigenvalue weighted by Gasteiger charge is -2.13. The highest BCUT2D eigenvalue weighted by Gasteiger charge is 2.22. The van der Waals surface area contributed by atoms with Gasteiger partial charge in [0.25, 0.3) is 0 Å². The second-order valence-electron chi connectivity index (χ2n) is 5.57. The van der Waals surface area contributed by atoms with Gasteiger partial charge in [-0.25, -0.2) is 4.98 Å². The monoisotopic (exact) mass is 276 g/mol. The Morgan fingerprint density at radius 3 is 2.53 bits per heavy atom. The third kappa shape index (κ3) is 2.96. The molecule has 0 saturated carbocycles. The van der Waals surface area contributed by atoms with Crippen molar-refractivity contribution in [2.24, 2.45) is 0 Å². The van der Waals surface area contributed by atoms with E-state index >= 15 is 0 Å². The van der Waals surface area contributed by atoms with Crippen LogP contribution < -0.4 is 5.73 Å². The standard InChI is InChI=1S/C15H20N2OS/c1-15(2,3)14-17-12(13(16)19-14)11-8-6-5-7-10(11)9-18-4/h5-8H,9,16H2,1-4H3. The molecule has 19 heavy (non-hydrogen) atoms. The number of rotatable bonds is 3. The van der Waals surface area contributed by atoms with Crippen LogP contribution in [0.5, 0.6) is 0 Å². The van der Waals surface area contributed by atoms with E-state index in [-0.39, 0.29) is 5.41 Å². The minimum atomic E-state index is 0.0211. The molecule has 2 aromatic rings. The first-order valence-corrected chi connectivity index (χ1v) is 7.09. The van der Waals surface area contributed by atoms with E-state index in [2.05, 4.69) is 20.8 Å². The molecule has 102 valence electrons. The molecule has 4 heteroatoms. The van der Waals surface area contributed by atoms with Crippen LogP contribution in [0.4, 0.5) is 5.00 Å². The molecule has 1 aromatic carbocycles. The average Bonchev–Trinajstić information content (AvgIpc) is 2.72. The lowest BCUT2D eigenvalue weighted by molar-refractivity contribution is 0.185. The number of aromatic nitrogens is 1. The quantitative estimate of drug-likeness (QED) is 0.926. The molecule has 0 fully saturated rings. The molecule has 2 N–H and O–H groups in total. The van der Waals surface area contributed by atoms with Gasteiger partial charge >= 0.3 is 0 Å². The number of nitrogens with zero attached hydrogens (tertiary/aromatic N) is 1. The Balaban J connectivity index is 2.50. The first-order valence-electron chi connectivity index (χ1n) is 6.27. The molecule has 1 aromatic heterocycles. The van der Waals surface area contributed by atoms with Crippen LogP contribution in [0, 0.1) is 0 Å². The molecular weight excluding hydrogens is 256 g/mol. The number of ether oxygens (including phenoxy) is 1. The highest BCUT2D eigenvalue weighted by Crippen LogP contribution is 2.37. The fourth-order valence-electron chi connectivity index (χ4n) is 1.88. The van der Waals surface area contributed by atoms with Crippen LogP contribution in [0.1, 0.15) is 31.3 Å². The third-order valence-electron chi connectivity index (χ3n) is 2.87. The molecule has 0 aliphatic rings. The van der Waals surface area contributed by atoms with E-state index in [0.717, 1.165) is 26.8 Å². The van der Waals surface area contributed by atoms with Gasteiger partial charge in [0.2, 0.25) is 0 Å². The Kier molecular flexibility index (Phi) is 3.92. The largest absolute Gasteiger partial charge is 0.389 e. The van der Waals surface area contributed by atoms with Gasteiger partial charge in [0.05, 0.1) is 6.61 Å². The van der Waals surface area contributed by atoms with Crippen LogP contribution >= 0.6 is 11.3 Å². The third-order valence-corrected chi connectivity index (χ3v) is 4.18. The first-order chi connectivity index (χ1) is 8.93. The summed E-state index contributed by atoms with van der Waals surface area (Å²) in [6.07, 6.45) is 0. The maximum absolute atomic E-state index is 6.15. The minimum absolute atomic E-state index is 0.0211. The second-order valence-corrected chi connectivity index (χ2v) is 6.60. The van der Waals surface area contributed by atoms with Gasteiger partial charge in [0.1, 0.15) is 15.7 Å². The molecular formula is C15H20N2OS. The van der Waals surface area contributed by atoms with E-state index < -0.39 is 0 Å². The summed E-state index contributed by atoms with van der Waals surface area (Å²) in [5, 5.41) is 1.83. The summed E-state index contributed by atoms with van der Waals surface area (Å²) in [5.74, 6) is 0. The molecule has 3 nitrogen and oxygen atoms in total. The molecule has 0 aliphatic carbocycles. The van der Waals surface area contributed by atoms with Gasteiger partial charge in [-0.05, 0) is 5.56 Å². The molecule has 0 spiro atoms. The maximum atomic E-state index is 6.15. The van der Waals surface area contributed by atoms with Crippen molar-refractivity contribution in [1.29, 1.82) is 0 Å². The molecule has 1 heterocycles. The molecule has 0 radical (unpaired) electrons. The highest BCUT2D eigenvalue weighted by atomic mass is 32.1. The summed E-state index contributed by atoms with van der Waals surface area (Å²) in [4.78, 5) is 4.73. The van der Waals surface area contributed by atoms with Crippen molar-refractivity contribution < 1.29 is 4.74 Å². The number of thiazole rings is 1. The Labute approximate surface area is 118 Å². The highest BCUT2D eigenvalue weighted by molar-refractivity contribution is 7.16. The van der Waals surface area contributed by atoms with E-state index in [4.69, 9.17) is 15.5 Å². The number of hydrogen-bond acceptors (Lipinski definition) is 4. The Hall–Kier alpha value is -1.39.